The van der Waals surface area contributed by atoms with Crippen molar-refractivity contribution in [1.82, 2.24) is 0 Å². The summed E-state index contributed by atoms with van der Waals surface area (Å²) in [4.78, 5) is 10.4. The van der Waals surface area contributed by atoms with Gasteiger partial charge in [-0.3, -0.25) is 10.1 Å². The van der Waals surface area contributed by atoms with Gasteiger partial charge in [0.05, 0.1) is 4.92 Å². The standard InChI is InChI=1S/C13H14ClF2NO3/c1-8(2)5-11(17(18)19)7-9-6-10(14)3-4-12(9)20-13(15)16/h3-4,6-8,13H,5H2,1-2H3. The third kappa shape index (κ3) is 5.13. The molecule has 0 saturated heterocycles. The van der Waals surface area contributed by atoms with Gasteiger partial charge in [0, 0.05) is 23.1 Å². The predicted octanol–water partition coefficient (Wildman–Crippen LogP) is 4.61. The van der Waals surface area contributed by atoms with Gasteiger partial charge in [-0.25, -0.2) is 0 Å². The van der Waals surface area contributed by atoms with Gasteiger partial charge >= 0.3 is 6.61 Å². The molecule has 0 aromatic heterocycles. The average Bonchev–Trinajstić information content (AvgIpc) is 2.30. The Morgan fingerprint density at radius 3 is 2.65 bits per heavy atom. The van der Waals surface area contributed by atoms with Crippen LogP contribution in [0.2, 0.25) is 5.02 Å². The molecule has 0 spiro atoms. The molecule has 4 nitrogen and oxygen atoms in total. The summed E-state index contributed by atoms with van der Waals surface area (Å²) >= 11 is 5.78. The number of ether oxygens (including phenoxy) is 1. The lowest BCUT2D eigenvalue weighted by Gasteiger charge is -2.09. The third-order valence-electron chi connectivity index (χ3n) is 2.36. The van der Waals surface area contributed by atoms with E-state index in [1.165, 1.54) is 24.3 Å². The predicted molar refractivity (Wildman–Crippen MR) is 72.5 cm³/mol. The van der Waals surface area contributed by atoms with Crippen LogP contribution in [0.3, 0.4) is 0 Å². The van der Waals surface area contributed by atoms with E-state index in [2.05, 4.69) is 4.74 Å². The summed E-state index contributed by atoms with van der Waals surface area (Å²) in [5.41, 5.74) is 0.0755. The van der Waals surface area contributed by atoms with Gasteiger partial charge in [-0.2, -0.15) is 8.78 Å². The molecule has 7 heteroatoms. The van der Waals surface area contributed by atoms with Gasteiger partial charge < -0.3 is 4.74 Å². The number of rotatable bonds is 6. The molecule has 0 fully saturated rings. The molecular weight excluding hydrogens is 292 g/mol. The molecule has 1 aromatic rings. The highest BCUT2D eigenvalue weighted by Gasteiger charge is 2.16. The Morgan fingerprint density at radius 1 is 1.50 bits per heavy atom. The molecular formula is C13H14ClF2NO3. The summed E-state index contributed by atoms with van der Waals surface area (Å²) < 4.78 is 28.9. The van der Waals surface area contributed by atoms with Gasteiger partial charge in [-0.15, -0.1) is 0 Å². The largest absolute Gasteiger partial charge is 0.434 e. The molecule has 0 saturated carbocycles. The Morgan fingerprint density at radius 2 is 2.15 bits per heavy atom. The van der Waals surface area contributed by atoms with Gasteiger partial charge in [0.1, 0.15) is 5.75 Å². The Kier molecular flexibility index (Phi) is 5.88. The highest BCUT2D eigenvalue weighted by molar-refractivity contribution is 6.30. The van der Waals surface area contributed by atoms with E-state index < -0.39 is 11.5 Å². The van der Waals surface area contributed by atoms with Crippen LogP contribution in [0.5, 0.6) is 5.75 Å². The normalized spacial score (nSPS) is 12.1. The van der Waals surface area contributed by atoms with Crippen molar-refractivity contribution >= 4 is 17.7 Å². The molecule has 0 heterocycles. The summed E-state index contributed by atoms with van der Waals surface area (Å²) in [6.07, 6.45) is 1.43. The maximum Gasteiger partial charge on any atom is 0.387 e. The first-order valence-electron chi connectivity index (χ1n) is 5.89. The third-order valence-corrected chi connectivity index (χ3v) is 2.60. The second-order valence-electron chi connectivity index (χ2n) is 4.55. The minimum Gasteiger partial charge on any atom is -0.434 e. The van der Waals surface area contributed by atoms with E-state index in [1.54, 1.807) is 0 Å². The van der Waals surface area contributed by atoms with Gasteiger partial charge in [-0.1, -0.05) is 25.4 Å². The van der Waals surface area contributed by atoms with Crippen LogP contribution in [0.15, 0.2) is 23.9 Å². The highest BCUT2D eigenvalue weighted by Crippen LogP contribution is 2.28. The fourth-order valence-corrected chi connectivity index (χ4v) is 1.80. The van der Waals surface area contributed by atoms with Crippen molar-refractivity contribution in [3.8, 4) is 5.75 Å². The van der Waals surface area contributed by atoms with Crippen molar-refractivity contribution in [3.05, 3.63) is 44.6 Å². The lowest BCUT2D eigenvalue weighted by Crippen LogP contribution is -2.05. The van der Waals surface area contributed by atoms with Gasteiger partial charge in [0.2, 0.25) is 5.70 Å². The highest BCUT2D eigenvalue weighted by atomic mass is 35.5. The van der Waals surface area contributed by atoms with E-state index in [0.29, 0.717) is 0 Å². The van der Waals surface area contributed by atoms with E-state index >= 15 is 0 Å². The SMILES string of the molecule is CC(C)CC(=Cc1cc(Cl)ccc1OC(F)F)[N+](=O)[O-]. The maximum absolute atomic E-state index is 12.3. The zero-order valence-electron chi connectivity index (χ0n) is 11.0. The van der Waals surface area contributed by atoms with Crippen molar-refractivity contribution in [1.29, 1.82) is 0 Å². The lowest BCUT2D eigenvalue weighted by atomic mass is 10.1. The second kappa shape index (κ2) is 7.19. The van der Waals surface area contributed by atoms with Crippen LogP contribution in [0.1, 0.15) is 25.8 Å². The number of hydrogen-bond donors (Lipinski definition) is 0. The first-order chi connectivity index (χ1) is 9.29. The quantitative estimate of drug-likeness (QED) is 0.570. The number of nitro groups is 1. The molecule has 0 aliphatic rings. The molecule has 0 aliphatic carbocycles. The summed E-state index contributed by atoms with van der Waals surface area (Å²) in [7, 11) is 0. The van der Waals surface area contributed by atoms with Crippen molar-refractivity contribution in [2.24, 2.45) is 5.92 Å². The number of halogens is 3. The van der Waals surface area contributed by atoms with Crippen LogP contribution in [-0.4, -0.2) is 11.5 Å². The topological polar surface area (TPSA) is 52.4 Å². The Hall–Kier alpha value is -1.69. The van der Waals surface area contributed by atoms with Crippen molar-refractivity contribution < 1.29 is 18.4 Å². The van der Waals surface area contributed by atoms with Crippen LogP contribution in [0, 0.1) is 16.0 Å². The van der Waals surface area contributed by atoms with Crippen molar-refractivity contribution in [2.75, 3.05) is 0 Å². The first kappa shape index (κ1) is 16.4. The molecule has 0 unspecified atom stereocenters. The van der Waals surface area contributed by atoms with Gasteiger partial charge in [0.25, 0.3) is 0 Å². The van der Waals surface area contributed by atoms with Crippen LogP contribution in [0.4, 0.5) is 8.78 Å². The molecule has 0 bridgehead atoms. The average molecular weight is 306 g/mol. The Labute approximate surface area is 120 Å². The van der Waals surface area contributed by atoms with Gasteiger partial charge in [-0.05, 0) is 24.1 Å². The monoisotopic (exact) mass is 305 g/mol. The number of alkyl halides is 2. The lowest BCUT2D eigenvalue weighted by molar-refractivity contribution is -0.427. The van der Waals surface area contributed by atoms with E-state index in [0.717, 1.165) is 0 Å². The molecule has 0 atom stereocenters. The Bertz CT molecular complexity index is 518. The minimum atomic E-state index is -3.01. The molecule has 0 N–H and O–H groups in total. The maximum atomic E-state index is 12.3. The van der Waals surface area contributed by atoms with Crippen LogP contribution < -0.4 is 4.74 Å². The van der Waals surface area contributed by atoms with Crippen LogP contribution in [-0.2, 0) is 0 Å². The zero-order chi connectivity index (χ0) is 15.3. The van der Waals surface area contributed by atoms with E-state index in [4.69, 9.17) is 11.6 Å². The Balaban J connectivity index is 3.20. The minimum absolute atomic E-state index is 0.0605. The fraction of sp³-hybridized carbons (Fsp3) is 0.385. The van der Waals surface area contributed by atoms with E-state index in [9.17, 15) is 18.9 Å². The molecule has 0 radical (unpaired) electrons. The molecule has 1 aromatic carbocycles. The van der Waals surface area contributed by atoms with E-state index in [1.807, 2.05) is 13.8 Å². The smallest absolute Gasteiger partial charge is 0.387 e. The molecule has 20 heavy (non-hydrogen) atoms. The summed E-state index contributed by atoms with van der Waals surface area (Å²) in [6.45, 7) is 0.644. The summed E-state index contributed by atoms with van der Waals surface area (Å²) in [6, 6.07) is 3.99. The fourth-order valence-electron chi connectivity index (χ4n) is 1.62. The number of nitrogens with zero attached hydrogens (tertiary/aromatic N) is 1. The summed E-state index contributed by atoms with van der Waals surface area (Å²) in [5.74, 6) is -0.0854. The summed E-state index contributed by atoms with van der Waals surface area (Å²) in [5, 5.41) is 11.3. The van der Waals surface area contributed by atoms with Crippen LogP contribution >= 0.6 is 11.6 Å². The number of hydrogen-bond acceptors (Lipinski definition) is 3. The molecule has 0 amide bonds. The van der Waals surface area contributed by atoms with Crippen molar-refractivity contribution in [3.63, 3.8) is 0 Å². The molecule has 0 aliphatic heterocycles. The zero-order valence-corrected chi connectivity index (χ0v) is 11.7. The number of allylic oxidation sites excluding steroid dienone is 1. The number of benzene rings is 1. The first-order valence-corrected chi connectivity index (χ1v) is 6.26. The van der Waals surface area contributed by atoms with E-state index in [-0.39, 0.29) is 34.4 Å². The molecule has 110 valence electrons. The van der Waals surface area contributed by atoms with Crippen LogP contribution in [0.25, 0.3) is 6.08 Å². The van der Waals surface area contributed by atoms with Gasteiger partial charge in [0.15, 0.2) is 0 Å². The second-order valence-corrected chi connectivity index (χ2v) is 4.99. The molecule has 1 rings (SSSR count). The van der Waals surface area contributed by atoms with Crippen molar-refractivity contribution in [2.45, 2.75) is 26.9 Å².